The van der Waals surface area contributed by atoms with E-state index in [1.807, 2.05) is 0 Å². The molecule has 0 aliphatic carbocycles. The van der Waals surface area contributed by atoms with E-state index < -0.39 is 36.2 Å². The van der Waals surface area contributed by atoms with E-state index in [-0.39, 0.29) is 11.4 Å². The smallest absolute Gasteiger partial charge is 0.347 e. The summed E-state index contributed by atoms with van der Waals surface area (Å²) < 4.78 is 36.2. The molecule has 5 nitrogen and oxygen atoms in total. The molecule has 0 aromatic heterocycles. The first-order valence-corrected chi connectivity index (χ1v) is 7.09. The summed E-state index contributed by atoms with van der Waals surface area (Å²) in [7, 11) is 0. The zero-order chi connectivity index (χ0) is 17.5. The molecule has 1 amide bonds. The van der Waals surface area contributed by atoms with E-state index in [4.69, 9.17) is 9.47 Å². The molecule has 7 heteroatoms. The maximum atomic E-state index is 13.4. The van der Waals surface area contributed by atoms with E-state index in [2.05, 4.69) is 5.32 Å². The highest BCUT2D eigenvalue weighted by Gasteiger charge is 2.18. The second-order valence-corrected chi connectivity index (χ2v) is 4.85. The molecule has 24 heavy (non-hydrogen) atoms. The normalized spacial score (nSPS) is 11.5. The predicted octanol–water partition coefficient (Wildman–Crippen LogP) is 2.91. The molecule has 2 rings (SSSR count). The lowest BCUT2D eigenvalue weighted by molar-refractivity contribution is -0.153. The van der Waals surface area contributed by atoms with Crippen molar-refractivity contribution in [3.8, 4) is 5.75 Å². The van der Waals surface area contributed by atoms with Gasteiger partial charge in [-0.2, -0.15) is 0 Å². The number of ether oxygens (including phenoxy) is 2. The van der Waals surface area contributed by atoms with Crippen LogP contribution in [0.15, 0.2) is 48.5 Å². The Hall–Kier alpha value is -2.96. The van der Waals surface area contributed by atoms with Gasteiger partial charge in [0.05, 0.1) is 5.69 Å². The van der Waals surface area contributed by atoms with Crippen LogP contribution in [-0.4, -0.2) is 24.6 Å². The molecule has 1 N–H and O–H groups in total. The molecule has 2 aromatic carbocycles. The van der Waals surface area contributed by atoms with Crippen molar-refractivity contribution < 1.29 is 27.8 Å². The third-order valence-electron chi connectivity index (χ3n) is 2.95. The fourth-order valence-corrected chi connectivity index (χ4v) is 1.77. The molecule has 0 saturated carbocycles. The quantitative estimate of drug-likeness (QED) is 0.825. The Morgan fingerprint density at radius 1 is 1.08 bits per heavy atom. The molecular weight excluding hydrogens is 320 g/mol. The first kappa shape index (κ1) is 17.4. The van der Waals surface area contributed by atoms with Gasteiger partial charge in [0.1, 0.15) is 17.4 Å². The SMILES string of the molecule is C[C@@H](Oc1ccc(F)cc1)C(=O)OCC(=O)Nc1ccccc1F. The third kappa shape index (κ3) is 5.05. The Morgan fingerprint density at radius 2 is 1.75 bits per heavy atom. The maximum absolute atomic E-state index is 13.4. The Morgan fingerprint density at radius 3 is 2.42 bits per heavy atom. The van der Waals surface area contributed by atoms with Gasteiger partial charge in [-0.3, -0.25) is 4.79 Å². The van der Waals surface area contributed by atoms with Gasteiger partial charge in [0.2, 0.25) is 0 Å². The molecule has 0 spiro atoms. The molecule has 2 aromatic rings. The van der Waals surface area contributed by atoms with Gasteiger partial charge in [-0.15, -0.1) is 0 Å². The number of carbonyl (C=O) groups excluding carboxylic acids is 2. The Kier molecular flexibility index (Phi) is 5.83. The second-order valence-electron chi connectivity index (χ2n) is 4.85. The van der Waals surface area contributed by atoms with Gasteiger partial charge < -0.3 is 14.8 Å². The minimum atomic E-state index is -0.989. The van der Waals surface area contributed by atoms with Gasteiger partial charge in [0.15, 0.2) is 12.7 Å². The Labute approximate surface area is 137 Å². The fraction of sp³-hybridized carbons (Fsp3) is 0.176. The van der Waals surface area contributed by atoms with Crippen molar-refractivity contribution in [3.05, 3.63) is 60.2 Å². The summed E-state index contributed by atoms with van der Waals surface area (Å²) in [6, 6.07) is 10.7. The molecule has 1 atom stereocenters. The Balaban J connectivity index is 1.80. The van der Waals surface area contributed by atoms with Crippen LogP contribution in [0.4, 0.5) is 14.5 Å². The van der Waals surface area contributed by atoms with E-state index in [9.17, 15) is 18.4 Å². The van der Waals surface area contributed by atoms with Crippen molar-refractivity contribution in [3.63, 3.8) is 0 Å². The number of hydrogen-bond donors (Lipinski definition) is 1. The number of anilines is 1. The van der Waals surface area contributed by atoms with Crippen molar-refractivity contribution in [2.75, 3.05) is 11.9 Å². The number of halogens is 2. The van der Waals surface area contributed by atoms with Gasteiger partial charge in [-0.25, -0.2) is 13.6 Å². The molecular formula is C17H15F2NO4. The first-order chi connectivity index (χ1) is 11.5. The zero-order valence-corrected chi connectivity index (χ0v) is 12.8. The third-order valence-corrected chi connectivity index (χ3v) is 2.95. The number of hydrogen-bond acceptors (Lipinski definition) is 4. The van der Waals surface area contributed by atoms with Crippen LogP contribution >= 0.6 is 0 Å². The van der Waals surface area contributed by atoms with Crippen LogP contribution in [0.5, 0.6) is 5.75 Å². The summed E-state index contributed by atoms with van der Waals surface area (Å²) >= 11 is 0. The average molecular weight is 335 g/mol. The van der Waals surface area contributed by atoms with E-state index in [0.717, 1.165) is 0 Å². The number of carbonyl (C=O) groups is 2. The summed E-state index contributed by atoms with van der Waals surface area (Å²) in [4.78, 5) is 23.4. The van der Waals surface area contributed by atoms with Crippen molar-refractivity contribution in [2.24, 2.45) is 0 Å². The van der Waals surface area contributed by atoms with E-state index in [0.29, 0.717) is 0 Å². The number of nitrogens with one attached hydrogen (secondary N) is 1. The van der Waals surface area contributed by atoms with Crippen LogP contribution in [0.3, 0.4) is 0 Å². The van der Waals surface area contributed by atoms with Gasteiger partial charge in [-0.05, 0) is 43.3 Å². The maximum Gasteiger partial charge on any atom is 0.347 e. The van der Waals surface area contributed by atoms with Crippen LogP contribution in [0.25, 0.3) is 0 Å². The molecule has 0 saturated heterocycles. The van der Waals surface area contributed by atoms with Crippen LogP contribution in [0.1, 0.15) is 6.92 Å². The van der Waals surface area contributed by atoms with Gasteiger partial charge in [0, 0.05) is 0 Å². The predicted molar refractivity (Wildman–Crippen MR) is 82.5 cm³/mol. The molecule has 0 aliphatic heterocycles. The summed E-state index contributed by atoms with van der Waals surface area (Å²) in [6.07, 6.45) is -0.989. The van der Waals surface area contributed by atoms with Gasteiger partial charge in [-0.1, -0.05) is 12.1 Å². The number of esters is 1. The highest BCUT2D eigenvalue weighted by molar-refractivity contribution is 5.93. The average Bonchev–Trinajstić information content (AvgIpc) is 2.57. The fourth-order valence-electron chi connectivity index (χ4n) is 1.77. The Bertz CT molecular complexity index is 719. The topological polar surface area (TPSA) is 64.6 Å². The number of rotatable bonds is 6. The molecule has 126 valence electrons. The lowest BCUT2D eigenvalue weighted by atomic mass is 10.3. The number of para-hydroxylation sites is 1. The van der Waals surface area contributed by atoms with Crippen LogP contribution < -0.4 is 10.1 Å². The molecule has 0 fully saturated rings. The molecule has 0 bridgehead atoms. The van der Waals surface area contributed by atoms with E-state index in [1.54, 1.807) is 6.07 Å². The highest BCUT2D eigenvalue weighted by atomic mass is 19.1. The van der Waals surface area contributed by atoms with E-state index in [1.165, 1.54) is 49.4 Å². The zero-order valence-electron chi connectivity index (χ0n) is 12.8. The van der Waals surface area contributed by atoms with Crippen LogP contribution in [0, 0.1) is 11.6 Å². The van der Waals surface area contributed by atoms with Crippen LogP contribution in [-0.2, 0) is 14.3 Å². The second kappa shape index (κ2) is 8.05. The first-order valence-electron chi connectivity index (χ1n) is 7.09. The van der Waals surface area contributed by atoms with Gasteiger partial charge >= 0.3 is 5.97 Å². The number of amides is 1. The summed E-state index contributed by atoms with van der Waals surface area (Å²) in [5, 5.41) is 2.29. The van der Waals surface area contributed by atoms with Crippen LogP contribution in [0.2, 0.25) is 0 Å². The molecule has 0 aliphatic rings. The molecule has 0 heterocycles. The minimum Gasteiger partial charge on any atom is -0.479 e. The lowest BCUT2D eigenvalue weighted by Crippen LogP contribution is -2.29. The standard InChI is InChI=1S/C17H15F2NO4/c1-11(24-13-8-6-12(18)7-9-13)17(22)23-10-16(21)20-15-5-3-2-4-14(15)19/h2-9,11H,10H2,1H3,(H,20,21)/t11-/m1/s1. The minimum absolute atomic E-state index is 0.00541. The van der Waals surface area contributed by atoms with E-state index >= 15 is 0 Å². The largest absolute Gasteiger partial charge is 0.479 e. The van der Waals surface area contributed by atoms with Gasteiger partial charge in [0.25, 0.3) is 5.91 Å². The summed E-state index contributed by atoms with van der Waals surface area (Å²) in [6.45, 7) is 0.852. The summed E-state index contributed by atoms with van der Waals surface area (Å²) in [5.74, 6) is -2.19. The summed E-state index contributed by atoms with van der Waals surface area (Å²) in [5.41, 5.74) is -0.00541. The van der Waals surface area contributed by atoms with Crippen molar-refractivity contribution in [2.45, 2.75) is 13.0 Å². The highest BCUT2D eigenvalue weighted by Crippen LogP contribution is 2.14. The van der Waals surface area contributed by atoms with Crippen molar-refractivity contribution in [1.82, 2.24) is 0 Å². The number of benzene rings is 2. The van der Waals surface area contributed by atoms with Crippen molar-refractivity contribution in [1.29, 1.82) is 0 Å². The lowest BCUT2D eigenvalue weighted by Gasteiger charge is -2.14. The molecule has 0 radical (unpaired) electrons. The van der Waals surface area contributed by atoms with Crippen molar-refractivity contribution >= 4 is 17.6 Å². The monoisotopic (exact) mass is 335 g/mol. The molecule has 0 unspecified atom stereocenters.